The van der Waals surface area contributed by atoms with Crippen molar-refractivity contribution in [1.82, 2.24) is 15.5 Å². The van der Waals surface area contributed by atoms with Crippen molar-refractivity contribution >= 4 is 22.5 Å². The minimum Gasteiger partial charge on any atom is -0.396 e. The molecular formula is C16H22N4O2S. The topological polar surface area (TPSA) is 87.1 Å². The van der Waals surface area contributed by atoms with Crippen molar-refractivity contribution in [2.75, 3.05) is 18.5 Å². The lowest BCUT2D eigenvalue weighted by Gasteiger charge is -2.17. The number of nitrogens with one attached hydrogen (secondary N) is 2. The van der Waals surface area contributed by atoms with Crippen molar-refractivity contribution in [3.8, 4) is 0 Å². The molecular weight excluding hydrogens is 312 g/mol. The molecule has 1 unspecified atom stereocenters. The van der Waals surface area contributed by atoms with Crippen LogP contribution in [-0.4, -0.2) is 34.5 Å². The second-order valence-corrected chi connectivity index (χ2v) is 6.27. The molecule has 2 amide bonds. The highest BCUT2D eigenvalue weighted by Crippen LogP contribution is 2.19. The average Bonchev–Trinajstić information content (AvgIpc) is 2.99. The van der Waals surface area contributed by atoms with E-state index in [-0.39, 0.29) is 18.6 Å². The number of aliphatic hydroxyl groups is 1. The number of aromatic nitrogens is 2. The number of carbonyl (C=O) groups excluding carboxylic acids is 1. The number of nitrogens with zero attached hydrogens (tertiary/aromatic N) is 2. The van der Waals surface area contributed by atoms with Gasteiger partial charge in [0.15, 0.2) is 0 Å². The molecule has 0 fully saturated rings. The van der Waals surface area contributed by atoms with Gasteiger partial charge in [0.25, 0.3) is 0 Å². The van der Waals surface area contributed by atoms with Crippen LogP contribution in [0.2, 0.25) is 0 Å². The Kier molecular flexibility index (Phi) is 6.96. The van der Waals surface area contributed by atoms with Crippen molar-refractivity contribution in [2.45, 2.75) is 32.1 Å². The van der Waals surface area contributed by atoms with Gasteiger partial charge in [-0.2, -0.15) is 0 Å². The van der Waals surface area contributed by atoms with Gasteiger partial charge in [0.05, 0.1) is 0 Å². The molecule has 0 radical (unpaired) electrons. The van der Waals surface area contributed by atoms with Crippen LogP contribution in [0, 0.1) is 0 Å². The van der Waals surface area contributed by atoms with Crippen LogP contribution in [-0.2, 0) is 6.42 Å². The Morgan fingerprint density at radius 3 is 2.78 bits per heavy atom. The van der Waals surface area contributed by atoms with Gasteiger partial charge < -0.3 is 10.4 Å². The zero-order valence-corrected chi connectivity index (χ0v) is 14.0. The van der Waals surface area contributed by atoms with Gasteiger partial charge in [0.2, 0.25) is 5.13 Å². The second-order valence-electron chi connectivity index (χ2n) is 5.21. The molecule has 0 saturated heterocycles. The zero-order valence-electron chi connectivity index (χ0n) is 13.2. The van der Waals surface area contributed by atoms with Crippen molar-refractivity contribution in [3.63, 3.8) is 0 Å². The maximum absolute atomic E-state index is 12.0. The van der Waals surface area contributed by atoms with Crippen LogP contribution in [0.3, 0.4) is 0 Å². The number of hydrogen-bond acceptors (Lipinski definition) is 5. The van der Waals surface area contributed by atoms with E-state index < -0.39 is 0 Å². The van der Waals surface area contributed by atoms with E-state index in [1.807, 2.05) is 30.3 Å². The molecule has 7 heteroatoms. The lowest BCUT2D eigenvalue weighted by Crippen LogP contribution is -2.32. The molecule has 1 aromatic heterocycles. The highest BCUT2D eigenvalue weighted by molar-refractivity contribution is 7.15. The summed E-state index contributed by atoms with van der Waals surface area (Å²) in [5, 5.41) is 24.1. The van der Waals surface area contributed by atoms with Crippen LogP contribution in [0.25, 0.3) is 0 Å². The van der Waals surface area contributed by atoms with Crippen LogP contribution in [0.4, 0.5) is 9.93 Å². The number of urea groups is 1. The molecule has 2 rings (SSSR count). The molecule has 1 atom stereocenters. The van der Waals surface area contributed by atoms with Gasteiger partial charge in [0, 0.05) is 25.5 Å². The lowest BCUT2D eigenvalue weighted by atomic mass is 9.96. The molecule has 0 bridgehead atoms. The smallest absolute Gasteiger partial charge is 0.321 e. The normalized spacial score (nSPS) is 11.9. The number of amides is 2. The van der Waals surface area contributed by atoms with Crippen LogP contribution in [0.15, 0.2) is 30.3 Å². The highest BCUT2D eigenvalue weighted by Gasteiger charge is 2.13. The van der Waals surface area contributed by atoms with Gasteiger partial charge in [-0.25, -0.2) is 4.79 Å². The Bertz CT molecular complexity index is 603. The van der Waals surface area contributed by atoms with E-state index in [1.165, 1.54) is 11.3 Å². The molecule has 124 valence electrons. The van der Waals surface area contributed by atoms with Crippen molar-refractivity contribution in [2.24, 2.45) is 0 Å². The minimum atomic E-state index is -0.303. The fourth-order valence-corrected chi connectivity index (χ4v) is 3.08. The third-order valence-electron chi connectivity index (χ3n) is 3.41. The molecule has 0 aliphatic rings. The van der Waals surface area contributed by atoms with Crippen molar-refractivity contribution < 1.29 is 9.90 Å². The molecule has 23 heavy (non-hydrogen) atoms. The number of aliphatic hydroxyl groups excluding tert-OH is 1. The van der Waals surface area contributed by atoms with Crippen LogP contribution in [0.1, 0.15) is 36.3 Å². The predicted octanol–water partition coefficient (Wildman–Crippen LogP) is 2.78. The third-order valence-corrected chi connectivity index (χ3v) is 4.31. The summed E-state index contributed by atoms with van der Waals surface area (Å²) in [7, 11) is 0. The molecule has 0 spiro atoms. The largest absolute Gasteiger partial charge is 0.396 e. The fourth-order valence-electron chi connectivity index (χ4n) is 2.24. The lowest BCUT2D eigenvalue weighted by molar-refractivity contribution is 0.248. The molecule has 1 heterocycles. The summed E-state index contributed by atoms with van der Waals surface area (Å²) in [6, 6.07) is 9.56. The first-order chi connectivity index (χ1) is 11.2. The Balaban J connectivity index is 1.86. The molecule has 6 nitrogen and oxygen atoms in total. The summed E-state index contributed by atoms with van der Waals surface area (Å²) in [4.78, 5) is 12.0. The Morgan fingerprint density at radius 1 is 1.30 bits per heavy atom. The maximum atomic E-state index is 12.0. The monoisotopic (exact) mass is 334 g/mol. The van der Waals surface area contributed by atoms with E-state index in [0.29, 0.717) is 18.1 Å². The quantitative estimate of drug-likeness (QED) is 0.693. The van der Waals surface area contributed by atoms with E-state index in [0.717, 1.165) is 23.4 Å². The molecule has 3 N–H and O–H groups in total. The van der Waals surface area contributed by atoms with Crippen LogP contribution in [0.5, 0.6) is 0 Å². The van der Waals surface area contributed by atoms with E-state index >= 15 is 0 Å². The Morgan fingerprint density at radius 2 is 2.09 bits per heavy atom. The number of rotatable bonds is 8. The van der Waals surface area contributed by atoms with Crippen LogP contribution < -0.4 is 10.6 Å². The summed E-state index contributed by atoms with van der Waals surface area (Å²) in [6.45, 7) is 2.61. The SMILES string of the molecule is CCCc1nnc(NC(=O)NCC(CCO)c2ccccc2)s1. The number of benzene rings is 1. The number of hydrogen-bond donors (Lipinski definition) is 3. The van der Waals surface area contributed by atoms with Gasteiger partial charge in [-0.15, -0.1) is 10.2 Å². The molecule has 0 aliphatic heterocycles. The van der Waals surface area contributed by atoms with Crippen molar-refractivity contribution in [1.29, 1.82) is 0 Å². The van der Waals surface area contributed by atoms with Crippen LogP contribution >= 0.6 is 11.3 Å². The maximum Gasteiger partial charge on any atom is 0.321 e. The average molecular weight is 334 g/mol. The van der Waals surface area contributed by atoms with E-state index in [1.54, 1.807) is 0 Å². The molecule has 0 aliphatic carbocycles. The van der Waals surface area contributed by atoms with E-state index in [4.69, 9.17) is 0 Å². The summed E-state index contributed by atoms with van der Waals surface area (Å²) in [6.07, 6.45) is 2.47. The summed E-state index contributed by atoms with van der Waals surface area (Å²) < 4.78 is 0. The standard InChI is InChI=1S/C16H22N4O2S/c1-2-6-14-19-20-16(23-14)18-15(22)17-11-13(9-10-21)12-7-4-3-5-8-12/h3-5,7-8,13,21H,2,6,9-11H2,1H3,(H2,17,18,20,22). The van der Waals surface area contributed by atoms with Gasteiger partial charge in [0.1, 0.15) is 5.01 Å². The van der Waals surface area contributed by atoms with Gasteiger partial charge in [-0.3, -0.25) is 5.32 Å². The Labute approximate surface area is 140 Å². The van der Waals surface area contributed by atoms with Crippen molar-refractivity contribution in [3.05, 3.63) is 40.9 Å². The van der Waals surface area contributed by atoms with E-state index in [9.17, 15) is 9.90 Å². The fraction of sp³-hybridized carbons (Fsp3) is 0.438. The summed E-state index contributed by atoms with van der Waals surface area (Å²) in [5.41, 5.74) is 1.10. The first-order valence-electron chi connectivity index (χ1n) is 7.76. The van der Waals surface area contributed by atoms with E-state index in [2.05, 4.69) is 27.8 Å². The zero-order chi connectivity index (χ0) is 16.5. The molecule has 2 aromatic rings. The first-order valence-corrected chi connectivity index (χ1v) is 8.57. The summed E-state index contributed by atoms with van der Waals surface area (Å²) in [5.74, 6) is 0.0806. The third kappa shape index (κ3) is 5.61. The second kappa shape index (κ2) is 9.22. The predicted molar refractivity (Wildman–Crippen MR) is 91.8 cm³/mol. The Hall–Kier alpha value is -1.99. The number of aryl methyl sites for hydroxylation is 1. The molecule has 0 saturated carbocycles. The minimum absolute atomic E-state index is 0.0806. The van der Waals surface area contributed by atoms with Gasteiger partial charge in [-0.1, -0.05) is 48.6 Å². The van der Waals surface area contributed by atoms with Gasteiger partial charge in [-0.05, 0) is 18.4 Å². The first kappa shape index (κ1) is 17.4. The number of carbonyl (C=O) groups is 1. The number of anilines is 1. The van der Waals surface area contributed by atoms with Gasteiger partial charge >= 0.3 is 6.03 Å². The summed E-state index contributed by atoms with van der Waals surface area (Å²) >= 11 is 1.39. The highest BCUT2D eigenvalue weighted by atomic mass is 32.1. The molecule has 1 aromatic carbocycles.